The lowest BCUT2D eigenvalue weighted by Gasteiger charge is -2.25. The minimum absolute atomic E-state index is 0.00698. The van der Waals surface area contributed by atoms with Gasteiger partial charge in [-0.25, -0.2) is 38.1 Å². The summed E-state index contributed by atoms with van der Waals surface area (Å²) in [5.41, 5.74) is 12.1. The zero-order valence-electron chi connectivity index (χ0n) is 35.7. The van der Waals surface area contributed by atoms with Gasteiger partial charge in [-0.05, 0) is 41.5 Å². The van der Waals surface area contributed by atoms with Crippen molar-refractivity contribution in [1.82, 2.24) is 34.0 Å². The van der Waals surface area contributed by atoms with Gasteiger partial charge in [-0.15, -0.1) is 0 Å². The first-order valence-electron chi connectivity index (χ1n) is 20.2. The molecule has 5 aromatic rings. The van der Waals surface area contributed by atoms with Crippen molar-refractivity contribution in [3.8, 4) is 0 Å². The molecule has 69 heavy (non-hydrogen) atoms. The van der Waals surface area contributed by atoms with Gasteiger partial charge in [0.05, 0.1) is 26.0 Å². The largest absolute Gasteiger partial charge is 0.472 e. The number of nitrogens with zero attached hydrogens (tertiary/aromatic N) is 7. The normalized spacial score (nSPS) is 23.3. The number of imidazole rings is 1. The second kappa shape index (κ2) is 21.1. The SMILES string of the molecule is CN(CC(=O)O[C@H]1[C@@H](O)[C@H](n2cnc3c(N)ncnc32)O[C@@H]1COP(=O)(O)O[C@H]1[C@@H](O)[C@H](n2ccc(N)nc2=O)O[C@@H]1COP(=O)(O)O)C(=O)OCc1ccc(NC(=O)Cc2ccc(F)cc2)cc1. The van der Waals surface area contributed by atoms with E-state index in [0.29, 0.717) is 16.8 Å². The summed E-state index contributed by atoms with van der Waals surface area (Å²) in [6.07, 6.45) is -11.7. The molecule has 0 bridgehead atoms. The Morgan fingerprint density at radius 2 is 1.51 bits per heavy atom. The van der Waals surface area contributed by atoms with E-state index in [0.717, 1.165) is 28.1 Å². The molecule has 31 heteroatoms. The van der Waals surface area contributed by atoms with Gasteiger partial charge in [0.25, 0.3) is 0 Å². The number of halogens is 1. The number of ether oxygens (including phenoxy) is 4. The number of phosphoric acid groups is 2. The second-order valence-corrected chi connectivity index (χ2v) is 17.9. The maximum absolute atomic E-state index is 13.5. The molecule has 2 aromatic carbocycles. The number of benzene rings is 2. The van der Waals surface area contributed by atoms with Crippen molar-refractivity contribution in [3.05, 3.63) is 101 Å². The van der Waals surface area contributed by atoms with Gasteiger partial charge in [0, 0.05) is 18.9 Å². The van der Waals surface area contributed by atoms with Crippen LogP contribution < -0.4 is 22.5 Å². The molecule has 0 saturated carbocycles. The number of nitrogens with one attached hydrogen (secondary N) is 1. The van der Waals surface area contributed by atoms with Crippen LogP contribution in [0.4, 0.5) is 26.5 Å². The van der Waals surface area contributed by atoms with Crippen molar-refractivity contribution in [2.45, 2.75) is 62.1 Å². The number of carbonyl (C=O) groups is 3. The molecule has 0 aliphatic carbocycles. The number of fused-ring (bicyclic) bond motifs is 1. The summed E-state index contributed by atoms with van der Waals surface area (Å²) < 4.78 is 77.4. The minimum Gasteiger partial charge on any atom is -0.455 e. The molecule has 5 heterocycles. The van der Waals surface area contributed by atoms with Crippen LogP contribution in [0.15, 0.2) is 78.2 Å². The van der Waals surface area contributed by atoms with Crippen LogP contribution in [-0.2, 0) is 64.3 Å². The maximum Gasteiger partial charge on any atom is 0.472 e. The van der Waals surface area contributed by atoms with Crippen LogP contribution in [-0.4, -0.2) is 140 Å². The summed E-state index contributed by atoms with van der Waals surface area (Å²) in [6.45, 7) is -3.06. The monoisotopic (exact) mass is 1010 g/mol. The number of nitrogens with two attached hydrogens (primary N) is 2. The summed E-state index contributed by atoms with van der Waals surface area (Å²) in [5.74, 6) is -2.14. The zero-order valence-corrected chi connectivity index (χ0v) is 37.5. The van der Waals surface area contributed by atoms with Gasteiger partial charge in [0.15, 0.2) is 30.0 Å². The lowest BCUT2D eigenvalue weighted by atomic mass is 10.1. The van der Waals surface area contributed by atoms with Crippen LogP contribution in [0.5, 0.6) is 0 Å². The van der Waals surface area contributed by atoms with Crippen molar-refractivity contribution in [2.75, 3.05) is 43.6 Å². The number of aliphatic hydroxyl groups excluding tert-OH is 2. The Morgan fingerprint density at radius 3 is 2.19 bits per heavy atom. The highest BCUT2D eigenvalue weighted by Gasteiger charge is 2.52. The van der Waals surface area contributed by atoms with E-state index in [1.54, 1.807) is 24.3 Å². The predicted octanol–water partition coefficient (Wildman–Crippen LogP) is -0.124. The lowest BCUT2D eigenvalue weighted by molar-refractivity contribution is -0.157. The predicted molar refractivity (Wildman–Crippen MR) is 229 cm³/mol. The standard InChI is InChI=1S/C38H43FN10O18P2/c1-47(38(55)61-14-20-4-8-22(9-5-20)45-26(50)12-19-2-6-21(39)7-3-19)13-27(51)66-31-23(64-36(29(31)52)49-18-44-28-33(41)42-17-43-34(28)49)16-63-69(59,60)67-32-24(15-62-68(56,57)58)65-35(30(32)53)48-11-10-25(40)46-37(48)54/h2-11,17-18,23-24,29-32,35-36,52-53H,12-16H2,1H3,(H,45,50)(H,59,60)(H2,40,46,54)(H2,41,42,43)(H2,56,57,58)/t23-,24-,29-,30-,31-,32-,35-,36-/m1/s1. The molecule has 370 valence electrons. The van der Waals surface area contributed by atoms with E-state index in [4.69, 9.17) is 39.5 Å². The zero-order chi connectivity index (χ0) is 49.8. The first-order valence-corrected chi connectivity index (χ1v) is 23.2. The number of hydrogen-bond acceptors (Lipinski definition) is 21. The Labute approximate surface area is 387 Å². The quantitative estimate of drug-likeness (QED) is 0.0419. The molecule has 3 aromatic heterocycles. The van der Waals surface area contributed by atoms with Crippen molar-refractivity contribution in [3.63, 3.8) is 0 Å². The molecule has 2 saturated heterocycles. The van der Waals surface area contributed by atoms with E-state index in [1.807, 2.05) is 0 Å². The number of nitrogen functional groups attached to an aromatic ring is 2. The summed E-state index contributed by atoms with van der Waals surface area (Å²) in [4.78, 5) is 97.2. The summed E-state index contributed by atoms with van der Waals surface area (Å²) >= 11 is 0. The first kappa shape index (κ1) is 50.5. The fourth-order valence-corrected chi connectivity index (χ4v) is 8.33. The van der Waals surface area contributed by atoms with Crippen molar-refractivity contribution in [1.29, 1.82) is 0 Å². The topological polar surface area (TPSA) is 397 Å². The van der Waals surface area contributed by atoms with Gasteiger partial charge in [-0.3, -0.25) is 32.3 Å². The molecule has 2 amide bonds. The van der Waals surface area contributed by atoms with Crippen LogP contribution >= 0.6 is 15.6 Å². The number of likely N-dealkylation sites (N-methyl/N-ethyl adjacent to an activating group) is 1. The molecular weight excluding hydrogens is 965 g/mol. The molecule has 9 atom stereocenters. The average Bonchev–Trinajstić information content (AvgIpc) is 3.95. The third-order valence-electron chi connectivity index (χ3n) is 10.3. The van der Waals surface area contributed by atoms with E-state index < -0.39 is 108 Å². The summed E-state index contributed by atoms with van der Waals surface area (Å²) in [6, 6.07) is 12.9. The Hall–Kier alpha value is -6.33. The average molecular weight is 1010 g/mol. The number of anilines is 3. The number of aliphatic hydroxyl groups is 2. The van der Waals surface area contributed by atoms with Gasteiger partial charge < -0.3 is 65.5 Å². The number of rotatable bonds is 18. The molecule has 7 rings (SSSR count). The molecule has 10 N–H and O–H groups in total. The van der Waals surface area contributed by atoms with Crippen LogP contribution in [0.2, 0.25) is 0 Å². The van der Waals surface area contributed by atoms with Gasteiger partial charge in [-0.2, -0.15) is 4.98 Å². The molecule has 0 spiro atoms. The van der Waals surface area contributed by atoms with Gasteiger partial charge in [0.1, 0.15) is 67.2 Å². The molecule has 2 fully saturated rings. The number of carbonyl (C=O) groups excluding carboxylic acids is 3. The summed E-state index contributed by atoms with van der Waals surface area (Å²) in [7, 11) is -9.42. The summed E-state index contributed by atoms with van der Waals surface area (Å²) in [5, 5.41) is 25.4. The second-order valence-electron chi connectivity index (χ2n) is 15.3. The van der Waals surface area contributed by atoms with Crippen LogP contribution in [0.1, 0.15) is 23.6 Å². The molecule has 0 radical (unpaired) electrons. The Bertz CT molecular complexity index is 2820. The van der Waals surface area contributed by atoms with Gasteiger partial charge >= 0.3 is 33.4 Å². The molecule has 2 aliphatic heterocycles. The number of esters is 1. The minimum atomic E-state index is -5.44. The fourth-order valence-electron chi connectivity index (χ4n) is 7.02. The van der Waals surface area contributed by atoms with Crippen LogP contribution in [0, 0.1) is 5.82 Å². The van der Waals surface area contributed by atoms with E-state index in [9.17, 15) is 57.6 Å². The van der Waals surface area contributed by atoms with Gasteiger partial charge in [-0.1, -0.05) is 24.3 Å². The molecular formula is C38H43FN10O18P2. The Morgan fingerprint density at radius 1 is 0.870 bits per heavy atom. The van der Waals surface area contributed by atoms with E-state index >= 15 is 0 Å². The highest BCUT2D eigenvalue weighted by molar-refractivity contribution is 7.47. The van der Waals surface area contributed by atoms with Gasteiger partial charge in [0.2, 0.25) is 5.91 Å². The van der Waals surface area contributed by atoms with Crippen molar-refractivity contribution in [2.24, 2.45) is 0 Å². The fraction of sp³-hybridized carbons (Fsp3) is 0.368. The van der Waals surface area contributed by atoms with Crippen molar-refractivity contribution < 1.29 is 85.3 Å². The molecule has 2 aliphatic rings. The highest BCUT2D eigenvalue weighted by atomic mass is 31.2. The van der Waals surface area contributed by atoms with Crippen molar-refractivity contribution >= 4 is 62.1 Å². The van der Waals surface area contributed by atoms with Crippen LogP contribution in [0.3, 0.4) is 0 Å². The van der Waals surface area contributed by atoms with E-state index in [1.165, 1.54) is 42.2 Å². The lowest BCUT2D eigenvalue weighted by Crippen LogP contribution is -2.42. The highest BCUT2D eigenvalue weighted by Crippen LogP contribution is 2.50. The Kier molecular flexibility index (Phi) is 15.5. The number of phosphoric ester groups is 2. The number of amides is 2. The third kappa shape index (κ3) is 12.7. The maximum atomic E-state index is 13.5. The first-order chi connectivity index (χ1) is 32.6. The Balaban J connectivity index is 0.995. The third-order valence-corrected chi connectivity index (χ3v) is 11.8. The number of aromatic nitrogens is 6. The molecule has 28 nitrogen and oxygen atoms in total. The molecule has 1 unspecified atom stereocenters. The smallest absolute Gasteiger partial charge is 0.455 e. The van der Waals surface area contributed by atoms with E-state index in [2.05, 4.69) is 29.8 Å². The van der Waals surface area contributed by atoms with Crippen LogP contribution in [0.25, 0.3) is 11.2 Å². The number of hydrogen-bond donors (Lipinski definition) is 8. The van der Waals surface area contributed by atoms with E-state index in [-0.39, 0.29) is 41.7 Å².